The second-order valence-corrected chi connectivity index (χ2v) is 8.23. The average Bonchev–Trinajstić information content (AvgIpc) is 2.79. The van der Waals surface area contributed by atoms with E-state index in [9.17, 15) is 9.59 Å². The Kier molecular flexibility index (Phi) is 7.93. The van der Waals surface area contributed by atoms with Crippen LogP contribution in [0.4, 0.5) is 16.2 Å². The molecule has 0 spiro atoms. The number of cyclic esters (lactones) is 1. The van der Waals surface area contributed by atoms with E-state index in [1.807, 2.05) is 26.0 Å². The van der Waals surface area contributed by atoms with Crippen LogP contribution in [-0.2, 0) is 14.6 Å². The van der Waals surface area contributed by atoms with Gasteiger partial charge in [-0.3, -0.25) is 10.1 Å². The molecule has 0 unspecified atom stereocenters. The smallest absolute Gasteiger partial charge is 0.412 e. The minimum Gasteiger partial charge on any atom is -0.494 e. The number of nitrogens with zero attached hydrogens (tertiary/aromatic N) is 1. The van der Waals surface area contributed by atoms with E-state index >= 15 is 0 Å². The van der Waals surface area contributed by atoms with Crippen LogP contribution in [0.3, 0.4) is 0 Å². The number of methoxy groups -OCH3 is 2. The van der Waals surface area contributed by atoms with Gasteiger partial charge < -0.3 is 18.9 Å². The monoisotopic (exact) mass is 489 g/mol. The predicted molar refractivity (Wildman–Crippen MR) is 130 cm³/mol. The maximum absolute atomic E-state index is 12.3. The Bertz CT molecular complexity index is 1110. The van der Waals surface area contributed by atoms with Crippen LogP contribution in [-0.4, -0.2) is 43.7 Å². The van der Waals surface area contributed by atoms with Gasteiger partial charge in [-0.25, -0.2) is 4.79 Å². The van der Waals surface area contributed by atoms with Crippen LogP contribution < -0.4 is 19.5 Å². The van der Waals surface area contributed by atoms with Crippen molar-refractivity contribution >= 4 is 42.4 Å². The number of ketones is 1. The predicted octanol–water partition coefficient (Wildman–Crippen LogP) is 5.05. The molecule has 1 N–H and O–H groups in total. The van der Waals surface area contributed by atoms with Crippen molar-refractivity contribution in [2.24, 2.45) is 0 Å². The number of ether oxygens (including phenoxy) is 4. The van der Waals surface area contributed by atoms with Crippen LogP contribution >= 0.6 is 12.9 Å². The first-order valence-corrected chi connectivity index (χ1v) is 11.1. The highest BCUT2D eigenvalue weighted by Crippen LogP contribution is 2.38. The van der Waals surface area contributed by atoms with Crippen LogP contribution in [0.15, 0.2) is 30.3 Å². The summed E-state index contributed by atoms with van der Waals surface area (Å²) in [4.78, 5) is 24.1. The van der Waals surface area contributed by atoms with E-state index in [1.54, 1.807) is 24.4 Å². The molecule has 2 aromatic carbocycles. The summed E-state index contributed by atoms with van der Waals surface area (Å²) in [6.45, 7) is 5.55. The summed E-state index contributed by atoms with van der Waals surface area (Å²) in [5, 5.41) is 2.70. The number of carbonyl (C=O) groups is 2. The van der Waals surface area contributed by atoms with Gasteiger partial charge in [0.2, 0.25) is 6.21 Å². The lowest BCUT2D eigenvalue weighted by Gasteiger charge is -2.32. The van der Waals surface area contributed by atoms with E-state index in [-0.39, 0.29) is 5.78 Å². The SMILES string of the molecule is COc1ccc([N+](=CCCCOc2ccc3c(c2)NC(=O)OC3(C)C)OS)c(C(C)=O)c1OC. The second kappa shape index (κ2) is 10.7. The van der Waals surface area contributed by atoms with E-state index in [1.165, 1.54) is 25.9 Å². The third-order valence-corrected chi connectivity index (χ3v) is 5.51. The molecule has 1 aliphatic rings. The van der Waals surface area contributed by atoms with Crippen molar-refractivity contribution in [1.29, 1.82) is 0 Å². The number of rotatable bonds is 10. The number of carbonyl (C=O) groups excluding carboxylic acids is 2. The molecule has 1 aliphatic heterocycles. The van der Waals surface area contributed by atoms with Crippen LogP contribution in [0.25, 0.3) is 0 Å². The van der Waals surface area contributed by atoms with Gasteiger partial charge in [-0.05, 0) is 45.4 Å². The number of benzene rings is 2. The molecule has 10 heteroatoms. The van der Waals surface area contributed by atoms with Gasteiger partial charge in [0.1, 0.15) is 29.8 Å². The number of Topliss-reactive ketones (excluding diaryl/α,β-unsaturated/α-hetero) is 1. The minimum absolute atomic E-state index is 0.203. The lowest BCUT2D eigenvalue weighted by atomic mass is 9.95. The number of anilines is 1. The quantitative estimate of drug-likeness (QED) is 0.0917. The van der Waals surface area contributed by atoms with Crippen LogP contribution in [0.5, 0.6) is 17.2 Å². The summed E-state index contributed by atoms with van der Waals surface area (Å²) >= 11 is 3.94. The fourth-order valence-electron chi connectivity index (χ4n) is 3.76. The molecule has 0 aliphatic carbocycles. The van der Waals surface area contributed by atoms with Gasteiger partial charge in [0.15, 0.2) is 17.3 Å². The Morgan fingerprint density at radius 2 is 1.97 bits per heavy atom. The van der Waals surface area contributed by atoms with Crippen LogP contribution in [0, 0.1) is 0 Å². The zero-order valence-corrected chi connectivity index (χ0v) is 20.7. The van der Waals surface area contributed by atoms with Crippen molar-refractivity contribution in [1.82, 2.24) is 0 Å². The lowest BCUT2D eigenvalue weighted by molar-refractivity contribution is -0.672. The fraction of sp³-hybridized carbons (Fsp3) is 0.375. The van der Waals surface area contributed by atoms with E-state index in [2.05, 4.69) is 18.2 Å². The van der Waals surface area contributed by atoms with Crippen molar-refractivity contribution in [3.05, 3.63) is 41.5 Å². The molecule has 0 fully saturated rings. The highest BCUT2D eigenvalue weighted by Gasteiger charge is 2.33. The molecule has 0 bridgehead atoms. The first-order chi connectivity index (χ1) is 16.2. The number of hydrogen-bond donors (Lipinski definition) is 2. The maximum Gasteiger partial charge on any atom is 0.412 e. The summed E-state index contributed by atoms with van der Waals surface area (Å²) in [6.07, 6.45) is 2.51. The summed E-state index contributed by atoms with van der Waals surface area (Å²) in [7, 11) is 2.98. The molecule has 34 heavy (non-hydrogen) atoms. The largest absolute Gasteiger partial charge is 0.494 e. The average molecular weight is 490 g/mol. The molecule has 0 aromatic heterocycles. The summed E-state index contributed by atoms with van der Waals surface area (Å²) in [6, 6.07) is 8.91. The van der Waals surface area contributed by atoms with Crippen LogP contribution in [0.2, 0.25) is 0 Å². The molecule has 2 aromatic rings. The topological polar surface area (TPSA) is 95.3 Å². The molecule has 0 atom stereocenters. The molecule has 0 saturated heterocycles. The summed E-state index contributed by atoms with van der Waals surface area (Å²) in [5.74, 6) is 1.21. The van der Waals surface area contributed by atoms with Gasteiger partial charge in [-0.2, -0.15) is 4.28 Å². The second-order valence-electron chi connectivity index (χ2n) is 8.06. The Hall–Kier alpha value is -3.40. The fourth-order valence-corrected chi connectivity index (χ4v) is 3.92. The van der Waals surface area contributed by atoms with Crippen molar-refractivity contribution in [2.45, 2.75) is 39.2 Å². The molecule has 3 rings (SSSR count). The van der Waals surface area contributed by atoms with Gasteiger partial charge in [-0.15, -0.1) is 0 Å². The molecule has 0 radical (unpaired) electrons. The number of amides is 1. The van der Waals surface area contributed by atoms with Gasteiger partial charge >= 0.3 is 6.09 Å². The minimum atomic E-state index is -0.704. The normalized spacial score (nSPS) is 14.4. The highest BCUT2D eigenvalue weighted by atomic mass is 32.1. The molecule has 0 saturated carbocycles. The molecule has 1 amide bonds. The number of hydrogen-bond acceptors (Lipinski definition) is 8. The van der Waals surface area contributed by atoms with Crippen molar-refractivity contribution in [2.75, 3.05) is 26.1 Å². The number of unbranched alkanes of at least 4 members (excludes halogenated alkanes) is 1. The van der Waals surface area contributed by atoms with Gasteiger partial charge in [0, 0.05) is 28.9 Å². The highest BCUT2D eigenvalue weighted by molar-refractivity contribution is 7.74. The summed E-state index contributed by atoms with van der Waals surface area (Å²) in [5.41, 5.74) is 1.66. The zero-order valence-electron chi connectivity index (χ0n) is 19.8. The van der Waals surface area contributed by atoms with E-state index < -0.39 is 11.7 Å². The van der Waals surface area contributed by atoms with Gasteiger partial charge in [0.05, 0.1) is 26.5 Å². The van der Waals surface area contributed by atoms with Gasteiger partial charge in [-0.1, -0.05) is 0 Å². The van der Waals surface area contributed by atoms with E-state index in [0.717, 1.165) is 5.56 Å². The third kappa shape index (κ3) is 5.39. The van der Waals surface area contributed by atoms with Crippen molar-refractivity contribution in [3.8, 4) is 17.2 Å². The van der Waals surface area contributed by atoms with Crippen LogP contribution in [0.1, 0.15) is 49.5 Å². The van der Waals surface area contributed by atoms with Crippen molar-refractivity contribution < 1.29 is 37.6 Å². The first kappa shape index (κ1) is 25.2. The summed E-state index contributed by atoms with van der Waals surface area (Å²) < 4.78 is 28.4. The Morgan fingerprint density at radius 3 is 2.62 bits per heavy atom. The van der Waals surface area contributed by atoms with E-state index in [4.69, 9.17) is 23.2 Å². The molecule has 1 heterocycles. The third-order valence-electron chi connectivity index (χ3n) is 5.34. The molecule has 9 nitrogen and oxygen atoms in total. The van der Waals surface area contributed by atoms with Crippen molar-refractivity contribution in [3.63, 3.8) is 0 Å². The lowest BCUT2D eigenvalue weighted by Crippen LogP contribution is -2.34. The first-order valence-electron chi connectivity index (χ1n) is 10.7. The zero-order chi connectivity index (χ0) is 24.9. The molecular formula is C24H29N2O7S+. The Labute approximate surface area is 204 Å². The standard InChI is InChI=1S/C24H28N2O7S/c1-15(27)21-19(10-11-20(29-4)22(21)30-5)26(33-34)12-6-7-13-31-16-8-9-17-18(14-16)25-23(28)32-24(17,2)3/h8-12,14H,6-7,13H2,1-5H3,(H-,25,28,34)/p+1. The van der Waals surface area contributed by atoms with Gasteiger partial charge in [0.25, 0.3) is 5.69 Å². The molecular weight excluding hydrogens is 460 g/mol. The molecule has 182 valence electrons. The van der Waals surface area contributed by atoms with E-state index in [0.29, 0.717) is 53.6 Å². The number of nitrogens with one attached hydrogen (secondary N) is 1. The maximum atomic E-state index is 12.3. The number of thiol groups is 1. The Morgan fingerprint density at radius 1 is 1.21 bits per heavy atom. The Balaban J connectivity index is 1.67. The number of fused-ring (bicyclic) bond motifs is 1.